The Hall–Kier alpha value is 1.13. The van der Waals surface area contributed by atoms with Crippen molar-refractivity contribution in [3.05, 3.63) is 0 Å². The van der Waals surface area contributed by atoms with Gasteiger partial charge in [-0.1, -0.05) is 32.6 Å². The Labute approximate surface area is 110 Å². The molecule has 0 aromatic rings. The van der Waals surface area contributed by atoms with E-state index in [-0.39, 0.29) is 49.7 Å². The third-order valence-electron chi connectivity index (χ3n) is 1.49. The standard InChI is InChI=1S/C8H16O2.Nb.Pb.2H/c1-2-3-4-5-6-7-8(9)10;;;;/h2-7H2,1H3,(H,9,10);;;;. The number of hydrogen-bond acceptors (Lipinski definition) is 1. The molecule has 0 aromatic heterocycles. The summed E-state index contributed by atoms with van der Waals surface area (Å²) in [6, 6.07) is 0. The first kappa shape index (κ1) is 18.8. The Morgan fingerprint density at radius 1 is 1.17 bits per heavy atom. The average molecular weight is 446 g/mol. The van der Waals surface area contributed by atoms with E-state index in [1.807, 2.05) is 0 Å². The summed E-state index contributed by atoms with van der Waals surface area (Å²) < 4.78 is 0. The molecule has 12 heavy (non-hydrogen) atoms. The topological polar surface area (TPSA) is 37.3 Å². The Morgan fingerprint density at radius 3 is 2.08 bits per heavy atom. The molecule has 0 aromatic carbocycles. The zero-order chi connectivity index (χ0) is 7.82. The Balaban J connectivity index is -0.000000405. The average Bonchev–Trinajstić information content (AvgIpc) is 1.87. The van der Waals surface area contributed by atoms with Gasteiger partial charge in [-0.2, -0.15) is 0 Å². The number of hydrogen-bond donors (Lipinski definition) is 1. The van der Waals surface area contributed by atoms with Gasteiger partial charge in [-0.25, -0.2) is 0 Å². The van der Waals surface area contributed by atoms with Gasteiger partial charge >= 0.3 is 33.3 Å². The van der Waals surface area contributed by atoms with Gasteiger partial charge in [-0.15, -0.1) is 0 Å². The van der Waals surface area contributed by atoms with Crippen LogP contribution in [0.4, 0.5) is 0 Å². The molecule has 0 fully saturated rings. The minimum absolute atomic E-state index is 0. The third-order valence-corrected chi connectivity index (χ3v) is 1.49. The molecule has 1 N–H and O–H groups in total. The molecular formula is C8H18NbO2Pb. The molecule has 0 unspecified atom stereocenters. The predicted molar refractivity (Wildman–Crippen MR) is 49.6 cm³/mol. The number of carbonyl (C=O) groups is 1. The second kappa shape index (κ2) is 14.6. The van der Waals surface area contributed by atoms with E-state index in [1.54, 1.807) is 0 Å². The molecule has 4 heteroatoms. The fourth-order valence-electron chi connectivity index (χ4n) is 0.880. The van der Waals surface area contributed by atoms with Crippen molar-refractivity contribution in [3.63, 3.8) is 0 Å². The summed E-state index contributed by atoms with van der Waals surface area (Å²) >= 11 is 0. The summed E-state index contributed by atoms with van der Waals surface area (Å²) in [6.07, 6.45) is 5.88. The van der Waals surface area contributed by atoms with Crippen LogP contribution in [0.1, 0.15) is 45.4 Å². The first-order valence-electron chi connectivity index (χ1n) is 3.99. The number of aliphatic carboxylic acids is 1. The second-order valence-corrected chi connectivity index (χ2v) is 2.56. The minimum atomic E-state index is -0.670. The summed E-state index contributed by atoms with van der Waals surface area (Å²) in [7, 11) is 0. The molecule has 0 atom stereocenters. The Morgan fingerprint density at radius 2 is 1.67 bits per heavy atom. The normalized spacial score (nSPS) is 8.08. The molecule has 0 aliphatic rings. The van der Waals surface area contributed by atoms with Crippen LogP contribution in [0.3, 0.4) is 0 Å². The van der Waals surface area contributed by atoms with Gasteiger partial charge in [-0.3, -0.25) is 4.79 Å². The number of unbranched alkanes of at least 4 members (excludes halogenated alkanes) is 4. The molecule has 0 spiro atoms. The van der Waals surface area contributed by atoms with Crippen LogP contribution >= 0.6 is 0 Å². The van der Waals surface area contributed by atoms with E-state index in [2.05, 4.69) is 6.92 Å². The van der Waals surface area contributed by atoms with Crippen LogP contribution in [0.25, 0.3) is 0 Å². The SMILES string of the molecule is CCCCCCCC(=O)O.[Nb].[PbH2]. The third kappa shape index (κ3) is 17.3. The van der Waals surface area contributed by atoms with Gasteiger partial charge in [0.1, 0.15) is 0 Å². The van der Waals surface area contributed by atoms with Crippen LogP contribution in [0.2, 0.25) is 0 Å². The molecule has 0 aliphatic carbocycles. The van der Waals surface area contributed by atoms with Gasteiger partial charge in [-0.05, 0) is 6.42 Å². The maximum absolute atomic E-state index is 10.0. The second-order valence-electron chi connectivity index (χ2n) is 2.56. The van der Waals surface area contributed by atoms with Crippen LogP contribution in [-0.2, 0) is 27.2 Å². The van der Waals surface area contributed by atoms with Crippen molar-refractivity contribution in [2.45, 2.75) is 45.4 Å². The van der Waals surface area contributed by atoms with Crippen molar-refractivity contribution in [2.75, 3.05) is 0 Å². The number of rotatable bonds is 6. The quantitative estimate of drug-likeness (QED) is 0.497. The van der Waals surface area contributed by atoms with Crippen molar-refractivity contribution >= 4 is 33.3 Å². The van der Waals surface area contributed by atoms with Crippen molar-refractivity contribution in [2.24, 2.45) is 0 Å². The predicted octanol–water partition coefficient (Wildman–Crippen LogP) is 1.51. The van der Waals surface area contributed by atoms with Crippen LogP contribution in [0.5, 0.6) is 0 Å². The van der Waals surface area contributed by atoms with Gasteiger partial charge in [0, 0.05) is 28.8 Å². The van der Waals surface area contributed by atoms with Gasteiger partial charge in [0.05, 0.1) is 0 Å². The van der Waals surface area contributed by atoms with E-state index in [1.165, 1.54) is 19.3 Å². The molecule has 71 valence electrons. The van der Waals surface area contributed by atoms with E-state index in [0.29, 0.717) is 6.42 Å². The number of carboxylic acid groups (broad SMARTS) is 1. The van der Waals surface area contributed by atoms with Crippen LogP contribution in [-0.4, -0.2) is 38.4 Å². The molecule has 0 saturated carbocycles. The van der Waals surface area contributed by atoms with Gasteiger partial charge < -0.3 is 5.11 Å². The summed E-state index contributed by atoms with van der Waals surface area (Å²) in [5.74, 6) is -0.670. The molecule has 0 rings (SSSR count). The molecule has 2 nitrogen and oxygen atoms in total. The summed E-state index contributed by atoms with van der Waals surface area (Å²) in [5, 5.41) is 8.27. The van der Waals surface area contributed by atoms with Gasteiger partial charge in [0.15, 0.2) is 0 Å². The van der Waals surface area contributed by atoms with E-state index >= 15 is 0 Å². The zero-order valence-corrected chi connectivity index (χ0v) is 15.4. The Kier molecular flexibility index (Phi) is 23.0. The molecule has 0 amide bonds. The van der Waals surface area contributed by atoms with Crippen molar-refractivity contribution in [3.8, 4) is 0 Å². The van der Waals surface area contributed by atoms with Gasteiger partial charge in [0.2, 0.25) is 0 Å². The molecule has 0 aliphatic heterocycles. The Bertz CT molecular complexity index is 99.1. The molecule has 0 saturated heterocycles. The van der Waals surface area contributed by atoms with Crippen molar-refractivity contribution < 1.29 is 32.3 Å². The zero-order valence-electron chi connectivity index (χ0n) is 7.75. The van der Waals surface area contributed by atoms with E-state index in [9.17, 15) is 4.79 Å². The van der Waals surface area contributed by atoms with Crippen LogP contribution in [0, 0.1) is 0 Å². The van der Waals surface area contributed by atoms with E-state index < -0.39 is 5.97 Å². The van der Waals surface area contributed by atoms with Crippen LogP contribution in [0.15, 0.2) is 0 Å². The first-order chi connectivity index (χ1) is 4.77. The molecule has 0 heterocycles. The van der Waals surface area contributed by atoms with Gasteiger partial charge in [0.25, 0.3) is 0 Å². The summed E-state index contributed by atoms with van der Waals surface area (Å²) in [6.45, 7) is 2.15. The molecular weight excluding hydrogens is 428 g/mol. The fraction of sp³-hybridized carbons (Fsp3) is 0.875. The maximum atomic E-state index is 10.0. The van der Waals surface area contributed by atoms with E-state index in [4.69, 9.17) is 5.11 Å². The fourth-order valence-corrected chi connectivity index (χ4v) is 0.880. The van der Waals surface area contributed by atoms with Crippen molar-refractivity contribution in [1.82, 2.24) is 0 Å². The van der Waals surface area contributed by atoms with Crippen LogP contribution < -0.4 is 0 Å². The van der Waals surface area contributed by atoms with Crippen molar-refractivity contribution in [1.29, 1.82) is 0 Å². The number of carboxylic acids is 1. The monoisotopic (exact) mass is 447 g/mol. The molecule has 0 bridgehead atoms. The first-order valence-corrected chi connectivity index (χ1v) is 3.99. The summed E-state index contributed by atoms with van der Waals surface area (Å²) in [5.41, 5.74) is 0. The molecule has 3 radical (unpaired) electrons. The summed E-state index contributed by atoms with van der Waals surface area (Å²) in [4.78, 5) is 10.0. The van der Waals surface area contributed by atoms with E-state index in [0.717, 1.165) is 12.8 Å².